The van der Waals surface area contributed by atoms with Gasteiger partial charge in [0.25, 0.3) is 0 Å². The van der Waals surface area contributed by atoms with Gasteiger partial charge in [0.2, 0.25) is 0 Å². The van der Waals surface area contributed by atoms with Gasteiger partial charge in [-0.1, -0.05) is 0 Å². The smallest absolute Gasteiger partial charge is 0.0689 e. The SMILES string of the molecule is O=[As](O)(c1ccccc1)c1ccccc1.O=[N+]([O-])[O-]. The largest absolute Gasteiger partial charge is 0.356 e. The van der Waals surface area contributed by atoms with Gasteiger partial charge in [0.1, 0.15) is 0 Å². The fraction of sp³-hybridized carbons (Fsp3) is 0. The monoisotopic (exact) mass is 324 g/mol. The number of nitrogens with zero attached hydrogens (tertiary/aromatic N) is 1. The van der Waals surface area contributed by atoms with Crippen molar-refractivity contribution in [3.63, 3.8) is 0 Å². The van der Waals surface area contributed by atoms with Crippen LogP contribution in [0.1, 0.15) is 0 Å². The third kappa shape index (κ3) is 4.61. The Morgan fingerprint density at radius 3 is 1.37 bits per heavy atom. The second kappa shape index (κ2) is 6.77. The molecule has 1 N–H and O–H groups in total. The Bertz CT molecular complexity index is 526. The molecule has 0 aliphatic heterocycles. The van der Waals surface area contributed by atoms with Gasteiger partial charge in [-0.05, 0) is 0 Å². The van der Waals surface area contributed by atoms with Crippen molar-refractivity contribution in [1.29, 1.82) is 0 Å². The third-order valence-electron chi connectivity index (χ3n) is 2.21. The summed E-state index contributed by atoms with van der Waals surface area (Å²) in [4.78, 5) is 8.25. The maximum Gasteiger partial charge on any atom is 0.0689 e. The Morgan fingerprint density at radius 1 is 0.842 bits per heavy atom. The van der Waals surface area contributed by atoms with E-state index in [1.165, 1.54) is 0 Å². The average Bonchev–Trinajstić information content (AvgIpc) is 2.40. The van der Waals surface area contributed by atoms with Crippen LogP contribution in [0.15, 0.2) is 60.7 Å². The van der Waals surface area contributed by atoms with Gasteiger partial charge in [-0.2, -0.15) is 0 Å². The zero-order chi connectivity index (χ0) is 14.3. The molecule has 0 saturated heterocycles. The van der Waals surface area contributed by atoms with E-state index in [0.29, 0.717) is 8.70 Å². The predicted molar refractivity (Wildman–Crippen MR) is 71.2 cm³/mol. The van der Waals surface area contributed by atoms with E-state index < -0.39 is 18.9 Å². The van der Waals surface area contributed by atoms with Gasteiger partial charge in [0.05, 0.1) is 5.09 Å². The molecule has 2 aromatic rings. The molecule has 0 amide bonds. The summed E-state index contributed by atoms with van der Waals surface area (Å²) in [6, 6.07) is 17.6. The Morgan fingerprint density at radius 2 is 1.11 bits per heavy atom. The van der Waals surface area contributed by atoms with Gasteiger partial charge < -0.3 is 15.3 Å². The van der Waals surface area contributed by atoms with Crippen molar-refractivity contribution in [3.05, 3.63) is 76.0 Å². The maximum atomic E-state index is 12.2. The maximum absolute atomic E-state index is 12.2. The second-order valence-electron chi connectivity index (χ2n) is 3.47. The quantitative estimate of drug-likeness (QED) is 0.490. The van der Waals surface area contributed by atoms with Crippen molar-refractivity contribution in [2.75, 3.05) is 0 Å². The van der Waals surface area contributed by atoms with Crippen LogP contribution in [0.25, 0.3) is 0 Å². The first-order valence-corrected chi connectivity index (χ1v) is 8.68. The first-order chi connectivity index (χ1) is 8.94. The topological polar surface area (TPSA) is 104 Å². The van der Waals surface area contributed by atoms with Crippen LogP contribution < -0.4 is 8.70 Å². The van der Waals surface area contributed by atoms with Crippen molar-refractivity contribution in [2.45, 2.75) is 0 Å². The molecule has 2 aromatic carbocycles. The molecule has 7 heteroatoms. The first-order valence-electron chi connectivity index (χ1n) is 5.20. The molecule has 6 nitrogen and oxygen atoms in total. The minimum absolute atomic E-state index is 0.529. The normalized spacial score (nSPS) is 10.2. The van der Waals surface area contributed by atoms with E-state index in [9.17, 15) is 7.84 Å². The molecular weight excluding hydrogens is 313 g/mol. The van der Waals surface area contributed by atoms with Crippen LogP contribution in [-0.2, 0) is 3.74 Å². The minimum atomic E-state index is -4.07. The van der Waals surface area contributed by atoms with Crippen molar-refractivity contribution < 1.29 is 12.9 Å². The number of hydrogen-bond acceptors (Lipinski definition) is 4. The molecule has 0 fully saturated rings. The van der Waals surface area contributed by atoms with E-state index >= 15 is 0 Å². The van der Waals surface area contributed by atoms with E-state index in [4.69, 9.17) is 15.3 Å². The van der Waals surface area contributed by atoms with Gasteiger partial charge in [-0.3, -0.25) is 0 Å². The van der Waals surface area contributed by atoms with Crippen LogP contribution in [0, 0.1) is 15.3 Å². The second-order valence-corrected chi connectivity index (χ2v) is 8.05. The summed E-state index contributed by atoms with van der Waals surface area (Å²) in [6.45, 7) is 0. The molecule has 0 bridgehead atoms. The van der Waals surface area contributed by atoms with Gasteiger partial charge >= 0.3 is 91.0 Å². The van der Waals surface area contributed by atoms with Crippen molar-refractivity contribution in [1.82, 2.24) is 0 Å². The molecule has 0 aliphatic rings. The summed E-state index contributed by atoms with van der Waals surface area (Å²) in [5, 5.41) is 14.8. The molecule has 19 heavy (non-hydrogen) atoms. The Balaban J connectivity index is 0.000000399. The van der Waals surface area contributed by atoms with Crippen molar-refractivity contribution in [3.8, 4) is 0 Å². The zero-order valence-corrected chi connectivity index (χ0v) is 11.6. The Labute approximate surface area is 112 Å². The molecule has 100 valence electrons. The molecule has 0 atom stereocenters. The van der Waals surface area contributed by atoms with Crippen LogP contribution in [0.4, 0.5) is 0 Å². The van der Waals surface area contributed by atoms with Crippen LogP contribution in [0.3, 0.4) is 0 Å². The van der Waals surface area contributed by atoms with Gasteiger partial charge in [-0.15, -0.1) is 0 Å². The molecular formula is C12H11AsNO5-. The molecule has 0 aliphatic carbocycles. The van der Waals surface area contributed by atoms with E-state index in [0.717, 1.165) is 0 Å². The fourth-order valence-corrected chi connectivity index (χ4v) is 4.45. The van der Waals surface area contributed by atoms with Crippen LogP contribution in [-0.4, -0.2) is 23.0 Å². The predicted octanol–water partition coefficient (Wildman–Crippen LogP) is 0.427. The molecule has 0 unspecified atom stereocenters. The molecule has 0 aromatic heterocycles. The van der Waals surface area contributed by atoms with Crippen molar-refractivity contribution >= 4 is 22.5 Å². The zero-order valence-electron chi connectivity index (χ0n) is 9.75. The van der Waals surface area contributed by atoms with Crippen molar-refractivity contribution in [2.24, 2.45) is 0 Å². The number of hydrogen-bond donors (Lipinski definition) is 1. The van der Waals surface area contributed by atoms with Crippen LogP contribution in [0.5, 0.6) is 0 Å². The molecule has 0 heterocycles. The van der Waals surface area contributed by atoms with Gasteiger partial charge in [-0.25, -0.2) is 0 Å². The molecule has 0 radical (unpaired) electrons. The summed E-state index contributed by atoms with van der Waals surface area (Å²) in [6.07, 6.45) is 0. The van der Waals surface area contributed by atoms with Crippen LogP contribution >= 0.6 is 0 Å². The minimum Gasteiger partial charge on any atom is -0.356 e. The summed E-state index contributed by atoms with van der Waals surface area (Å²) < 4.78 is 23.4. The molecule has 0 spiro atoms. The first kappa shape index (κ1) is 15.0. The van der Waals surface area contributed by atoms with E-state index in [2.05, 4.69) is 0 Å². The Hall–Kier alpha value is -2.04. The van der Waals surface area contributed by atoms with E-state index in [1.54, 1.807) is 48.5 Å². The van der Waals surface area contributed by atoms with Crippen LogP contribution in [0.2, 0.25) is 0 Å². The fourth-order valence-electron chi connectivity index (χ4n) is 1.41. The van der Waals surface area contributed by atoms with Gasteiger partial charge in [0, 0.05) is 0 Å². The average molecular weight is 324 g/mol. The number of rotatable bonds is 2. The Kier molecular flexibility index (Phi) is 5.35. The van der Waals surface area contributed by atoms with E-state index in [-0.39, 0.29) is 0 Å². The summed E-state index contributed by atoms with van der Waals surface area (Å²) in [5.41, 5.74) is 0. The number of benzene rings is 2. The van der Waals surface area contributed by atoms with E-state index in [1.807, 2.05) is 12.1 Å². The molecule has 0 saturated carbocycles. The summed E-state index contributed by atoms with van der Waals surface area (Å²) in [5.74, 6) is 0. The molecule has 2 rings (SSSR count). The van der Waals surface area contributed by atoms with Gasteiger partial charge in [0.15, 0.2) is 0 Å². The summed E-state index contributed by atoms with van der Waals surface area (Å²) in [7, 11) is 0. The standard InChI is InChI=1S/C12H11AsO2.NO3/c14-13(15,11-7-3-1-4-8-11)12-9-5-2-6-10-12;2-1(3)4/h1-10H,(H,14,15);/q;-1. The third-order valence-corrected chi connectivity index (χ3v) is 6.40. The summed E-state index contributed by atoms with van der Waals surface area (Å²) >= 11 is -4.07.